The van der Waals surface area contributed by atoms with Crippen molar-refractivity contribution in [2.24, 2.45) is 0 Å². The van der Waals surface area contributed by atoms with Crippen molar-refractivity contribution in [1.29, 1.82) is 0 Å². The average Bonchev–Trinajstić information content (AvgIpc) is 2.80. The van der Waals surface area contributed by atoms with E-state index in [1.165, 1.54) is 11.3 Å². The highest BCUT2D eigenvalue weighted by Crippen LogP contribution is 2.32. The number of hydrogen-bond acceptors (Lipinski definition) is 3. The quantitative estimate of drug-likeness (QED) is 0.902. The van der Waals surface area contributed by atoms with Crippen LogP contribution in [0.2, 0.25) is 0 Å². The molecule has 108 valence electrons. The lowest BCUT2D eigenvalue weighted by Crippen LogP contribution is -2.09. The molecule has 0 fully saturated rings. The van der Waals surface area contributed by atoms with E-state index in [-0.39, 0.29) is 6.42 Å². The standard InChI is InChI=1S/C14H15F3N2S/c1-18-9-11-13(10-5-3-2-4-6-10)20-12(19-11)7-8-14(15,16)17/h2-6,18H,7-9H2,1H3. The minimum atomic E-state index is -4.14. The molecule has 1 N–H and O–H groups in total. The molecule has 0 unspecified atom stereocenters. The predicted octanol–water partition coefficient (Wildman–Crippen LogP) is 4.02. The van der Waals surface area contributed by atoms with E-state index in [4.69, 9.17) is 0 Å². The van der Waals surface area contributed by atoms with Crippen molar-refractivity contribution in [3.63, 3.8) is 0 Å². The van der Waals surface area contributed by atoms with Crippen molar-refractivity contribution in [2.75, 3.05) is 7.05 Å². The number of nitrogens with one attached hydrogen (secondary N) is 1. The number of rotatable bonds is 5. The van der Waals surface area contributed by atoms with Gasteiger partial charge < -0.3 is 5.32 Å². The molecule has 0 bridgehead atoms. The summed E-state index contributed by atoms with van der Waals surface area (Å²) < 4.78 is 36.9. The molecule has 0 aliphatic rings. The molecular formula is C14H15F3N2S. The van der Waals surface area contributed by atoms with Crippen molar-refractivity contribution in [3.8, 4) is 10.4 Å². The van der Waals surface area contributed by atoms with E-state index < -0.39 is 12.6 Å². The predicted molar refractivity (Wildman–Crippen MR) is 74.7 cm³/mol. The maximum atomic E-state index is 12.3. The molecule has 0 amide bonds. The maximum Gasteiger partial charge on any atom is 0.389 e. The van der Waals surface area contributed by atoms with Gasteiger partial charge >= 0.3 is 6.18 Å². The fourth-order valence-electron chi connectivity index (χ4n) is 1.86. The number of benzene rings is 1. The van der Waals surface area contributed by atoms with Gasteiger partial charge in [-0.05, 0) is 12.6 Å². The fraction of sp³-hybridized carbons (Fsp3) is 0.357. The van der Waals surface area contributed by atoms with Crippen LogP contribution in [0.3, 0.4) is 0 Å². The van der Waals surface area contributed by atoms with Crippen LogP contribution in [0.25, 0.3) is 10.4 Å². The van der Waals surface area contributed by atoms with Crippen LogP contribution in [0, 0.1) is 0 Å². The minimum Gasteiger partial charge on any atom is -0.314 e. The number of aromatic nitrogens is 1. The lowest BCUT2D eigenvalue weighted by Gasteiger charge is -2.02. The highest BCUT2D eigenvalue weighted by Gasteiger charge is 2.27. The molecule has 0 saturated carbocycles. The maximum absolute atomic E-state index is 12.3. The molecule has 2 nitrogen and oxygen atoms in total. The van der Waals surface area contributed by atoms with E-state index in [1.54, 1.807) is 7.05 Å². The van der Waals surface area contributed by atoms with Crippen molar-refractivity contribution in [2.45, 2.75) is 25.6 Å². The Morgan fingerprint density at radius 1 is 1.20 bits per heavy atom. The Balaban J connectivity index is 2.24. The fourth-order valence-corrected chi connectivity index (χ4v) is 2.94. The highest BCUT2D eigenvalue weighted by molar-refractivity contribution is 7.15. The zero-order chi connectivity index (χ0) is 14.6. The summed E-state index contributed by atoms with van der Waals surface area (Å²) in [5, 5.41) is 3.54. The van der Waals surface area contributed by atoms with Crippen molar-refractivity contribution < 1.29 is 13.2 Å². The number of hydrogen-bond donors (Lipinski definition) is 1. The van der Waals surface area contributed by atoms with Gasteiger partial charge in [-0.25, -0.2) is 4.98 Å². The first-order chi connectivity index (χ1) is 9.49. The van der Waals surface area contributed by atoms with Gasteiger partial charge in [0.15, 0.2) is 0 Å². The Morgan fingerprint density at radius 2 is 1.90 bits per heavy atom. The smallest absolute Gasteiger partial charge is 0.314 e. The summed E-state index contributed by atoms with van der Waals surface area (Å²) >= 11 is 1.34. The molecule has 6 heteroatoms. The van der Waals surface area contributed by atoms with Crippen LogP contribution >= 0.6 is 11.3 Å². The molecule has 1 aromatic carbocycles. The molecule has 2 rings (SSSR count). The van der Waals surface area contributed by atoms with Gasteiger partial charge in [0.25, 0.3) is 0 Å². The second-order valence-electron chi connectivity index (χ2n) is 4.39. The van der Waals surface area contributed by atoms with Crippen LogP contribution in [0.4, 0.5) is 13.2 Å². The summed E-state index contributed by atoms with van der Waals surface area (Å²) in [4.78, 5) is 5.28. The normalized spacial score (nSPS) is 11.8. The average molecular weight is 300 g/mol. The molecule has 2 aromatic rings. The first-order valence-electron chi connectivity index (χ1n) is 6.25. The Labute approximate surface area is 119 Å². The highest BCUT2D eigenvalue weighted by atomic mass is 32.1. The lowest BCUT2D eigenvalue weighted by atomic mass is 10.1. The van der Waals surface area contributed by atoms with E-state index in [9.17, 15) is 13.2 Å². The summed E-state index contributed by atoms with van der Waals surface area (Å²) in [5.74, 6) is 0. The van der Waals surface area contributed by atoms with Crippen LogP contribution in [0.15, 0.2) is 30.3 Å². The summed E-state index contributed by atoms with van der Waals surface area (Å²) in [7, 11) is 1.80. The van der Waals surface area contributed by atoms with E-state index in [1.807, 2.05) is 30.3 Å². The van der Waals surface area contributed by atoms with Crippen molar-refractivity contribution in [1.82, 2.24) is 10.3 Å². The number of nitrogens with zero attached hydrogens (tertiary/aromatic N) is 1. The van der Waals surface area contributed by atoms with Gasteiger partial charge in [-0.15, -0.1) is 11.3 Å². The first kappa shape index (κ1) is 15.0. The van der Waals surface area contributed by atoms with E-state index in [0.29, 0.717) is 11.6 Å². The van der Waals surface area contributed by atoms with Gasteiger partial charge in [0, 0.05) is 19.4 Å². The Morgan fingerprint density at radius 3 is 2.50 bits per heavy atom. The summed E-state index contributed by atoms with van der Waals surface area (Å²) in [6, 6.07) is 9.62. The molecule has 0 atom stereocenters. The Kier molecular flexibility index (Phi) is 4.77. The largest absolute Gasteiger partial charge is 0.389 e. The zero-order valence-electron chi connectivity index (χ0n) is 11.0. The second kappa shape index (κ2) is 6.37. The van der Waals surface area contributed by atoms with Gasteiger partial charge in [-0.3, -0.25) is 0 Å². The van der Waals surface area contributed by atoms with Crippen LogP contribution in [0.5, 0.6) is 0 Å². The number of aryl methyl sites for hydroxylation is 1. The van der Waals surface area contributed by atoms with Crippen LogP contribution in [-0.2, 0) is 13.0 Å². The molecule has 0 radical (unpaired) electrons. The second-order valence-corrected chi connectivity index (χ2v) is 5.48. The first-order valence-corrected chi connectivity index (χ1v) is 7.06. The van der Waals surface area contributed by atoms with Gasteiger partial charge in [0.2, 0.25) is 0 Å². The number of thiazole rings is 1. The third-order valence-electron chi connectivity index (χ3n) is 2.74. The topological polar surface area (TPSA) is 24.9 Å². The van der Waals surface area contributed by atoms with Gasteiger partial charge in [-0.2, -0.15) is 13.2 Å². The Bertz CT molecular complexity index is 549. The summed E-state index contributed by atoms with van der Waals surface area (Å²) in [6.07, 6.45) is -5.02. The number of halogens is 3. The van der Waals surface area contributed by atoms with Crippen LogP contribution in [0.1, 0.15) is 17.1 Å². The molecule has 0 aliphatic carbocycles. The molecular weight excluding hydrogens is 285 g/mol. The van der Waals surface area contributed by atoms with Crippen molar-refractivity contribution >= 4 is 11.3 Å². The van der Waals surface area contributed by atoms with Crippen LogP contribution < -0.4 is 5.32 Å². The summed E-state index contributed by atoms with van der Waals surface area (Å²) in [6.45, 7) is 0.548. The van der Waals surface area contributed by atoms with E-state index in [2.05, 4.69) is 10.3 Å². The summed E-state index contributed by atoms with van der Waals surface area (Å²) in [5.41, 5.74) is 1.80. The van der Waals surface area contributed by atoms with E-state index in [0.717, 1.165) is 16.1 Å². The number of alkyl halides is 3. The monoisotopic (exact) mass is 300 g/mol. The molecule has 0 aliphatic heterocycles. The zero-order valence-corrected chi connectivity index (χ0v) is 11.8. The molecule has 20 heavy (non-hydrogen) atoms. The molecule has 0 spiro atoms. The Hall–Kier alpha value is -1.40. The van der Waals surface area contributed by atoms with Gasteiger partial charge in [0.1, 0.15) is 0 Å². The van der Waals surface area contributed by atoms with Crippen molar-refractivity contribution in [3.05, 3.63) is 41.0 Å². The molecule has 0 saturated heterocycles. The molecule has 1 heterocycles. The van der Waals surface area contributed by atoms with Crippen LogP contribution in [-0.4, -0.2) is 18.2 Å². The van der Waals surface area contributed by atoms with Gasteiger partial charge in [0.05, 0.1) is 15.6 Å². The molecule has 1 aromatic heterocycles. The third kappa shape index (κ3) is 4.05. The van der Waals surface area contributed by atoms with Gasteiger partial charge in [-0.1, -0.05) is 30.3 Å². The lowest BCUT2D eigenvalue weighted by molar-refractivity contribution is -0.134. The van der Waals surface area contributed by atoms with E-state index >= 15 is 0 Å². The minimum absolute atomic E-state index is 0.0578. The SMILES string of the molecule is CNCc1nc(CCC(F)(F)F)sc1-c1ccccc1. The third-order valence-corrected chi connectivity index (χ3v) is 3.95.